The largest absolute Gasteiger partial charge is 0.393 e. The number of aliphatic hydroxyl groups excluding tert-OH is 1. The van der Waals surface area contributed by atoms with E-state index in [1.807, 2.05) is 0 Å². The summed E-state index contributed by atoms with van der Waals surface area (Å²) in [6.07, 6.45) is 17.3. The Hall–Kier alpha value is -1.39. The van der Waals surface area contributed by atoms with Crippen LogP contribution < -0.4 is 0 Å². The molecule has 2 heterocycles. The zero-order valence-corrected chi connectivity index (χ0v) is 17.7. The topological polar surface area (TPSA) is 37.5 Å². The van der Waals surface area contributed by atoms with Gasteiger partial charge in [-0.25, -0.2) is 4.98 Å². The van der Waals surface area contributed by atoms with Crippen LogP contribution in [0.1, 0.15) is 64.5 Å². The lowest BCUT2D eigenvalue weighted by Gasteiger charge is -2.57. The summed E-state index contributed by atoms with van der Waals surface area (Å²) in [5.74, 6) is 2.31. The van der Waals surface area contributed by atoms with Gasteiger partial charge in [-0.15, -0.1) is 11.3 Å². The Morgan fingerprint density at radius 1 is 1.11 bits per heavy atom. The summed E-state index contributed by atoms with van der Waals surface area (Å²) >= 11 is 1.72. The highest BCUT2D eigenvalue weighted by Crippen LogP contribution is 2.66. The molecule has 0 aliphatic heterocycles. The molecule has 0 aromatic carbocycles. The maximum Gasteiger partial charge on any atom is 0.194 e. The average Bonchev–Trinajstić information content (AvgIpc) is 3.36. The van der Waals surface area contributed by atoms with Crippen LogP contribution in [0.25, 0.3) is 10.5 Å². The van der Waals surface area contributed by atoms with Crippen LogP contribution in [-0.2, 0) is 0 Å². The molecule has 3 nitrogen and oxygen atoms in total. The van der Waals surface area contributed by atoms with E-state index in [4.69, 9.17) is 0 Å². The normalized spacial score (nSPS) is 42.5. The Labute approximate surface area is 171 Å². The second kappa shape index (κ2) is 5.82. The minimum atomic E-state index is -0.112. The molecule has 0 spiro atoms. The van der Waals surface area contributed by atoms with Crippen LogP contribution in [0.2, 0.25) is 0 Å². The molecule has 4 aliphatic rings. The quantitative estimate of drug-likeness (QED) is 0.629. The molecule has 2 fully saturated rings. The van der Waals surface area contributed by atoms with Crippen molar-refractivity contribution in [3.8, 4) is 0 Å². The average molecular weight is 395 g/mol. The van der Waals surface area contributed by atoms with Gasteiger partial charge in [0.1, 0.15) is 0 Å². The molecule has 6 unspecified atom stereocenters. The molecular formula is C24H30N2OS. The van der Waals surface area contributed by atoms with Gasteiger partial charge in [0.15, 0.2) is 4.96 Å². The second-order valence-electron chi connectivity index (χ2n) is 10.2. The molecule has 1 N–H and O–H groups in total. The highest BCUT2D eigenvalue weighted by molar-refractivity contribution is 7.15. The zero-order chi connectivity index (χ0) is 19.1. The van der Waals surface area contributed by atoms with Gasteiger partial charge >= 0.3 is 0 Å². The number of fused-ring (bicyclic) bond motifs is 6. The number of hydrogen-bond donors (Lipinski definition) is 1. The summed E-state index contributed by atoms with van der Waals surface area (Å²) in [6.45, 7) is 5.05. The number of allylic oxidation sites excluding steroid dienone is 3. The summed E-state index contributed by atoms with van der Waals surface area (Å²) in [5.41, 5.74) is 5.02. The van der Waals surface area contributed by atoms with E-state index in [1.165, 1.54) is 37.8 Å². The highest BCUT2D eigenvalue weighted by Gasteiger charge is 2.57. The van der Waals surface area contributed by atoms with Gasteiger partial charge < -0.3 is 5.11 Å². The van der Waals surface area contributed by atoms with Crippen molar-refractivity contribution in [1.29, 1.82) is 0 Å². The highest BCUT2D eigenvalue weighted by atomic mass is 32.1. The van der Waals surface area contributed by atoms with Gasteiger partial charge in [-0.3, -0.25) is 4.40 Å². The molecule has 6 atom stereocenters. The number of imidazole rings is 1. The predicted octanol–water partition coefficient (Wildman–Crippen LogP) is 5.71. The van der Waals surface area contributed by atoms with Crippen molar-refractivity contribution in [2.45, 2.75) is 64.9 Å². The number of thiazole rings is 1. The Morgan fingerprint density at radius 3 is 2.86 bits per heavy atom. The Kier molecular flexibility index (Phi) is 3.63. The fraction of sp³-hybridized carbons (Fsp3) is 0.625. The van der Waals surface area contributed by atoms with E-state index in [-0.39, 0.29) is 11.5 Å². The molecule has 0 amide bonds. The smallest absolute Gasteiger partial charge is 0.194 e. The van der Waals surface area contributed by atoms with Crippen molar-refractivity contribution < 1.29 is 5.11 Å². The first-order valence-electron chi connectivity index (χ1n) is 11.0. The van der Waals surface area contributed by atoms with E-state index in [1.54, 1.807) is 22.5 Å². The van der Waals surface area contributed by atoms with E-state index in [9.17, 15) is 5.11 Å². The first-order valence-corrected chi connectivity index (χ1v) is 11.9. The number of aromatic nitrogens is 2. The van der Waals surface area contributed by atoms with Gasteiger partial charge in [0.25, 0.3) is 0 Å². The Balaban J connectivity index is 1.36. The SMILES string of the molecule is CC12CCC(O)CC1=CCC1C2CCC2(C)C(c3cnc4sccn34)=CCC12. The lowest BCUT2D eigenvalue weighted by Crippen LogP contribution is -2.49. The molecule has 28 heavy (non-hydrogen) atoms. The minimum absolute atomic E-state index is 0.112. The van der Waals surface area contributed by atoms with E-state index in [2.05, 4.69) is 53.2 Å². The third-order valence-corrected chi connectivity index (χ3v) is 9.85. The lowest BCUT2D eigenvalue weighted by atomic mass is 9.47. The maximum absolute atomic E-state index is 10.2. The van der Waals surface area contributed by atoms with Crippen molar-refractivity contribution >= 4 is 21.9 Å². The van der Waals surface area contributed by atoms with Crippen LogP contribution in [0, 0.1) is 28.6 Å². The van der Waals surface area contributed by atoms with Crippen molar-refractivity contribution in [2.24, 2.45) is 28.6 Å². The Bertz CT molecular complexity index is 999. The molecule has 0 saturated heterocycles. The first-order chi connectivity index (χ1) is 13.5. The molecule has 2 aromatic heterocycles. The van der Waals surface area contributed by atoms with Gasteiger partial charge in [0.05, 0.1) is 18.0 Å². The third kappa shape index (κ3) is 2.16. The summed E-state index contributed by atoms with van der Waals surface area (Å²) < 4.78 is 2.29. The van der Waals surface area contributed by atoms with E-state index in [0.717, 1.165) is 35.6 Å². The van der Waals surface area contributed by atoms with Crippen molar-refractivity contribution in [3.05, 3.63) is 41.2 Å². The fourth-order valence-electron chi connectivity index (χ4n) is 7.53. The lowest BCUT2D eigenvalue weighted by molar-refractivity contribution is -0.0238. The molecule has 0 bridgehead atoms. The van der Waals surface area contributed by atoms with E-state index < -0.39 is 0 Å². The van der Waals surface area contributed by atoms with Crippen molar-refractivity contribution in [2.75, 3.05) is 0 Å². The van der Waals surface area contributed by atoms with Gasteiger partial charge in [0, 0.05) is 11.6 Å². The van der Waals surface area contributed by atoms with Crippen molar-refractivity contribution in [1.82, 2.24) is 9.38 Å². The maximum atomic E-state index is 10.2. The molecule has 0 radical (unpaired) electrons. The van der Waals surface area contributed by atoms with Crippen LogP contribution in [0.3, 0.4) is 0 Å². The molecule has 6 rings (SSSR count). The standard InChI is InChI=1S/C24H30N2OS/c1-23-9-7-16(27)13-15(23)3-4-17-18-5-6-20(24(18,2)10-8-19(17)23)21-14-25-22-26(21)11-12-28-22/h3,6,11-12,14,16-19,27H,4-5,7-10,13H2,1-2H3. The fourth-order valence-corrected chi connectivity index (χ4v) is 8.22. The minimum Gasteiger partial charge on any atom is -0.393 e. The number of hydrogen-bond acceptors (Lipinski definition) is 3. The monoisotopic (exact) mass is 394 g/mol. The first kappa shape index (κ1) is 17.5. The van der Waals surface area contributed by atoms with Crippen LogP contribution in [0.4, 0.5) is 0 Å². The zero-order valence-electron chi connectivity index (χ0n) is 16.9. The predicted molar refractivity (Wildman–Crippen MR) is 114 cm³/mol. The van der Waals surface area contributed by atoms with Gasteiger partial charge in [-0.2, -0.15) is 0 Å². The molecule has 4 heteroatoms. The van der Waals surface area contributed by atoms with Crippen molar-refractivity contribution in [3.63, 3.8) is 0 Å². The number of aliphatic hydroxyl groups is 1. The second-order valence-corrected chi connectivity index (χ2v) is 11.0. The van der Waals surface area contributed by atoms with Crippen LogP contribution in [-0.4, -0.2) is 20.6 Å². The molecule has 148 valence electrons. The summed E-state index contributed by atoms with van der Waals surface area (Å²) in [4.78, 5) is 5.76. The van der Waals surface area contributed by atoms with E-state index >= 15 is 0 Å². The molecule has 4 aliphatic carbocycles. The molecular weight excluding hydrogens is 364 g/mol. The summed E-state index contributed by atoms with van der Waals surface area (Å²) in [6, 6.07) is 0. The van der Waals surface area contributed by atoms with Crippen LogP contribution >= 0.6 is 11.3 Å². The van der Waals surface area contributed by atoms with Crippen LogP contribution in [0.15, 0.2) is 35.5 Å². The van der Waals surface area contributed by atoms with Crippen LogP contribution in [0.5, 0.6) is 0 Å². The molecule has 2 aromatic rings. The third-order valence-electron chi connectivity index (χ3n) is 9.08. The van der Waals surface area contributed by atoms with E-state index in [0.29, 0.717) is 5.41 Å². The summed E-state index contributed by atoms with van der Waals surface area (Å²) in [7, 11) is 0. The summed E-state index contributed by atoms with van der Waals surface area (Å²) in [5, 5.41) is 12.3. The number of nitrogens with zero attached hydrogens (tertiary/aromatic N) is 2. The van der Waals surface area contributed by atoms with Gasteiger partial charge in [-0.05, 0) is 79.1 Å². The van der Waals surface area contributed by atoms with Gasteiger partial charge in [0.2, 0.25) is 0 Å². The molecule has 2 saturated carbocycles. The Morgan fingerprint density at radius 2 is 1.96 bits per heavy atom. The van der Waals surface area contributed by atoms with Gasteiger partial charge in [-0.1, -0.05) is 31.6 Å². The number of rotatable bonds is 1.